The lowest BCUT2D eigenvalue weighted by Crippen LogP contribution is -2.51. The van der Waals surface area contributed by atoms with E-state index >= 15 is 0 Å². The van der Waals surface area contributed by atoms with Gasteiger partial charge in [0.1, 0.15) is 0 Å². The third-order valence-electron chi connectivity index (χ3n) is 7.36. The Morgan fingerprint density at radius 1 is 1.04 bits per heavy atom. The van der Waals surface area contributed by atoms with Crippen molar-refractivity contribution in [1.82, 2.24) is 15.2 Å². The number of rotatable bonds is 3. The van der Waals surface area contributed by atoms with Crippen LogP contribution in [-0.4, -0.2) is 41.5 Å². The van der Waals surface area contributed by atoms with E-state index in [-0.39, 0.29) is 5.91 Å². The lowest BCUT2D eigenvalue weighted by atomic mass is 9.83. The molecule has 2 saturated heterocycles. The number of carbonyl (C=O) groups excluding carboxylic acids is 1. The number of aromatic nitrogens is 1. The second-order valence-electron chi connectivity index (χ2n) is 9.11. The second kappa shape index (κ2) is 7.90. The lowest BCUT2D eigenvalue weighted by Gasteiger charge is -2.44. The molecule has 0 unspecified atom stereocenters. The van der Waals surface area contributed by atoms with Gasteiger partial charge in [-0.15, -0.1) is 0 Å². The average Bonchev–Trinajstić information content (AvgIpc) is 2.91. The third kappa shape index (κ3) is 3.47. The van der Waals surface area contributed by atoms with Crippen molar-refractivity contribution in [2.24, 2.45) is 5.92 Å². The predicted octanol–water partition coefficient (Wildman–Crippen LogP) is 4.43. The van der Waals surface area contributed by atoms with E-state index in [1.54, 1.807) is 0 Å². The quantitative estimate of drug-likeness (QED) is 0.775. The van der Waals surface area contributed by atoms with Gasteiger partial charge < -0.3 is 15.2 Å². The molecule has 0 bridgehead atoms. The SMILES string of the molecule is O=C(NC[C@H]1CCCN2CCCC[C@H]12)c1ccc2[nH]c3c(c2c1)CCCCC3. The van der Waals surface area contributed by atoms with Gasteiger partial charge in [-0.1, -0.05) is 12.8 Å². The zero-order chi connectivity index (χ0) is 18.9. The fourth-order valence-electron chi connectivity index (χ4n) is 5.87. The molecule has 2 N–H and O–H groups in total. The summed E-state index contributed by atoms with van der Waals surface area (Å²) in [5.41, 5.74) is 4.85. The summed E-state index contributed by atoms with van der Waals surface area (Å²) in [5.74, 6) is 0.712. The number of aromatic amines is 1. The van der Waals surface area contributed by atoms with Crippen molar-refractivity contribution in [1.29, 1.82) is 0 Å². The molecule has 0 saturated carbocycles. The van der Waals surface area contributed by atoms with Crippen molar-refractivity contribution in [3.63, 3.8) is 0 Å². The first kappa shape index (κ1) is 18.2. The van der Waals surface area contributed by atoms with Gasteiger partial charge >= 0.3 is 0 Å². The van der Waals surface area contributed by atoms with E-state index in [2.05, 4.69) is 27.3 Å². The average molecular weight is 380 g/mol. The monoisotopic (exact) mass is 379 g/mol. The van der Waals surface area contributed by atoms with Gasteiger partial charge in [-0.3, -0.25) is 4.79 Å². The Hall–Kier alpha value is -1.81. The number of H-pyrrole nitrogens is 1. The van der Waals surface area contributed by atoms with Crippen LogP contribution in [0.4, 0.5) is 0 Å². The number of benzene rings is 1. The largest absolute Gasteiger partial charge is 0.358 e. The third-order valence-corrected chi connectivity index (χ3v) is 7.36. The summed E-state index contributed by atoms with van der Waals surface area (Å²) in [6.07, 6.45) is 12.7. The van der Waals surface area contributed by atoms with Gasteiger partial charge in [0, 0.05) is 34.7 Å². The van der Waals surface area contributed by atoms with Gasteiger partial charge in [-0.05, 0) is 94.1 Å². The first-order valence-corrected chi connectivity index (χ1v) is 11.5. The fourth-order valence-corrected chi connectivity index (χ4v) is 5.87. The number of nitrogens with zero attached hydrogens (tertiary/aromatic N) is 1. The molecule has 2 aromatic rings. The highest BCUT2D eigenvalue weighted by atomic mass is 16.1. The maximum Gasteiger partial charge on any atom is 0.251 e. The number of hydrogen-bond acceptors (Lipinski definition) is 2. The molecule has 2 aliphatic heterocycles. The van der Waals surface area contributed by atoms with Crippen molar-refractivity contribution in [2.45, 2.75) is 70.3 Å². The Kier molecular flexibility index (Phi) is 5.15. The molecule has 1 aromatic heterocycles. The van der Waals surface area contributed by atoms with Crippen LogP contribution in [0.15, 0.2) is 18.2 Å². The van der Waals surface area contributed by atoms with Gasteiger partial charge in [0.25, 0.3) is 5.91 Å². The van der Waals surface area contributed by atoms with Crippen molar-refractivity contribution in [3.8, 4) is 0 Å². The molecule has 2 atom stereocenters. The molecular weight excluding hydrogens is 346 g/mol. The van der Waals surface area contributed by atoms with E-state index < -0.39 is 0 Å². The smallest absolute Gasteiger partial charge is 0.251 e. The summed E-state index contributed by atoms with van der Waals surface area (Å²) >= 11 is 0. The highest BCUT2D eigenvalue weighted by Crippen LogP contribution is 2.31. The summed E-state index contributed by atoms with van der Waals surface area (Å²) in [7, 11) is 0. The fraction of sp³-hybridized carbons (Fsp3) is 0.625. The summed E-state index contributed by atoms with van der Waals surface area (Å²) < 4.78 is 0. The van der Waals surface area contributed by atoms with Crippen LogP contribution in [0.1, 0.15) is 73.0 Å². The first-order valence-electron chi connectivity index (χ1n) is 11.5. The van der Waals surface area contributed by atoms with Gasteiger partial charge in [0.15, 0.2) is 0 Å². The van der Waals surface area contributed by atoms with E-state index in [1.807, 2.05) is 6.07 Å². The minimum absolute atomic E-state index is 0.0957. The van der Waals surface area contributed by atoms with Gasteiger partial charge in [0.2, 0.25) is 0 Å². The number of fused-ring (bicyclic) bond motifs is 4. The Morgan fingerprint density at radius 3 is 2.89 bits per heavy atom. The standard InChI is InChI=1S/C24H33N3O/c28-24(25-16-18-7-6-14-27-13-5-4-10-23(18)27)17-11-12-22-20(15-17)19-8-2-1-3-9-21(19)26-22/h11-12,15,18,23,26H,1-10,13-14,16H2,(H,25,28)/t18-,23-/m1/s1. The molecule has 5 rings (SSSR count). The number of aryl methyl sites for hydroxylation is 2. The summed E-state index contributed by atoms with van der Waals surface area (Å²) in [5, 5.41) is 4.54. The van der Waals surface area contributed by atoms with E-state index in [9.17, 15) is 4.79 Å². The minimum atomic E-state index is 0.0957. The highest BCUT2D eigenvalue weighted by molar-refractivity contribution is 5.99. The van der Waals surface area contributed by atoms with E-state index in [0.29, 0.717) is 12.0 Å². The Labute approximate surface area is 168 Å². The van der Waals surface area contributed by atoms with Crippen molar-refractivity contribution >= 4 is 16.8 Å². The maximum atomic E-state index is 12.9. The van der Waals surface area contributed by atoms with E-state index in [0.717, 1.165) is 24.9 Å². The Bertz CT molecular complexity index is 853. The number of carbonyl (C=O) groups is 1. The van der Waals surface area contributed by atoms with Gasteiger partial charge in [-0.25, -0.2) is 0 Å². The normalized spacial score (nSPS) is 25.7. The van der Waals surface area contributed by atoms with Crippen LogP contribution in [0.2, 0.25) is 0 Å². The van der Waals surface area contributed by atoms with Crippen molar-refractivity contribution < 1.29 is 4.79 Å². The molecule has 2 fully saturated rings. The Balaban J connectivity index is 1.30. The van der Waals surface area contributed by atoms with Crippen LogP contribution in [0.25, 0.3) is 10.9 Å². The molecule has 4 nitrogen and oxygen atoms in total. The molecule has 0 spiro atoms. The zero-order valence-corrected chi connectivity index (χ0v) is 16.9. The van der Waals surface area contributed by atoms with Gasteiger partial charge in [-0.2, -0.15) is 0 Å². The van der Waals surface area contributed by atoms with Crippen LogP contribution in [0, 0.1) is 5.92 Å². The van der Waals surface area contributed by atoms with Crippen LogP contribution >= 0.6 is 0 Å². The van der Waals surface area contributed by atoms with E-state index in [1.165, 1.54) is 86.6 Å². The van der Waals surface area contributed by atoms with Gasteiger partial charge in [0.05, 0.1) is 0 Å². The van der Waals surface area contributed by atoms with E-state index in [4.69, 9.17) is 0 Å². The number of nitrogens with one attached hydrogen (secondary N) is 2. The van der Waals surface area contributed by atoms with Crippen LogP contribution in [0.5, 0.6) is 0 Å². The zero-order valence-electron chi connectivity index (χ0n) is 16.9. The number of hydrogen-bond donors (Lipinski definition) is 2. The van der Waals surface area contributed by atoms with Crippen LogP contribution in [0.3, 0.4) is 0 Å². The molecule has 1 aliphatic carbocycles. The number of piperidine rings is 2. The maximum absolute atomic E-state index is 12.9. The number of amides is 1. The molecule has 1 aromatic carbocycles. The molecule has 4 heteroatoms. The Morgan fingerprint density at radius 2 is 1.93 bits per heavy atom. The molecular formula is C24H33N3O. The van der Waals surface area contributed by atoms with Crippen LogP contribution < -0.4 is 5.32 Å². The first-order chi connectivity index (χ1) is 13.8. The second-order valence-corrected chi connectivity index (χ2v) is 9.11. The molecule has 1 amide bonds. The van der Waals surface area contributed by atoms with Crippen molar-refractivity contribution in [2.75, 3.05) is 19.6 Å². The predicted molar refractivity (Wildman–Crippen MR) is 114 cm³/mol. The van der Waals surface area contributed by atoms with Crippen molar-refractivity contribution in [3.05, 3.63) is 35.0 Å². The molecule has 0 radical (unpaired) electrons. The summed E-state index contributed by atoms with van der Waals surface area (Å²) in [4.78, 5) is 19.2. The lowest BCUT2D eigenvalue weighted by molar-refractivity contribution is 0.0575. The minimum Gasteiger partial charge on any atom is -0.358 e. The molecule has 3 aliphatic rings. The topological polar surface area (TPSA) is 48.1 Å². The molecule has 28 heavy (non-hydrogen) atoms. The highest BCUT2D eigenvalue weighted by Gasteiger charge is 2.33. The van der Waals surface area contributed by atoms with Crippen LogP contribution in [-0.2, 0) is 12.8 Å². The molecule has 3 heterocycles. The molecule has 150 valence electrons. The summed E-state index contributed by atoms with van der Waals surface area (Å²) in [6.45, 7) is 3.33. The summed E-state index contributed by atoms with van der Waals surface area (Å²) in [6, 6.07) is 6.90.